The summed E-state index contributed by atoms with van der Waals surface area (Å²) in [5, 5.41) is 7.65. The predicted octanol–water partition coefficient (Wildman–Crippen LogP) is 11.5. The van der Waals surface area contributed by atoms with Crippen LogP contribution in [0, 0.1) is 0 Å². The topological polar surface area (TPSA) is 43.6 Å². The highest BCUT2D eigenvalue weighted by molar-refractivity contribution is 7.26. The molecule has 10 aromatic rings. The van der Waals surface area contributed by atoms with E-state index in [1.807, 2.05) is 72.0 Å². The highest BCUT2D eigenvalue weighted by Crippen LogP contribution is 2.47. The Morgan fingerprint density at radius 3 is 1.44 bits per heavy atom. The average molecular weight is 631 g/mol. The molecule has 0 bridgehead atoms. The zero-order chi connectivity index (χ0) is 31.6. The summed E-state index contributed by atoms with van der Waals surface area (Å²) in [5.41, 5.74) is 6.44. The molecule has 3 heterocycles. The van der Waals surface area contributed by atoms with Gasteiger partial charge < -0.3 is 4.57 Å². The molecule has 0 fully saturated rings. The van der Waals surface area contributed by atoms with Gasteiger partial charge in [0.25, 0.3) is 0 Å². The van der Waals surface area contributed by atoms with Crippen LogP contribution in [-0.2, 0) is 0 Å². The molecule has 0 spiro atoms. The van der Waals surface area contributed by atoms with E-state index in [-0.39, 0.29) is 0 Å². The van der Waals surface area contributed by atoms with Crippen molar-refractivity contribution in [1.29, 1.82) is 0 Å². The third-order valence-corrected chi connectivity index (χ3v) is 10.4. The zero-order valence-corrected chi connectivity index (χ0v) is 26.5. The van der Waals surface area contributed by atoms with Crippen LogP contribution >= 0.6 is 11.3 Å². The Kier molecular flexibility index (Phi) is 6.01. The second kappa shape index (κ2) is 10.7. The number of aromatic nitrogens is 4. The minimum absolute atomic E-state index is 0.647. The average Bonchev–Trinajstić information content (AvgIpc) is 3.71. The van der Waals surface area contributed by atoms with Gasteiger partial charge in [-0.1, -0.05) is 127 Å². The number of hydrogen-bond donors (Lipinski definition) is 0. The van der Waals surface area contributed by atoms with Crippen molar-refractivity contribution < 1.29 is 0 Å². The molecule has 48 heavy (non-hydrogen) atoms. The Bertz CT molecular complexity index is 2760. The van der Waals surface area contributed by atoms with Crippen LogP contribution in [-0.4, -0.2) is 19.5 Å². The van der Waals surface area contributed by atoms with Crippen LogP contribution < -0.4 is 0 Å². The van der Waals surface area contributed by atoms with Crippen molar-refractivity contribution in [2.75, 3.05) is 0 Å². The zero-order valence-electron chi connectivity index (χ0n) is 25.7. The molecule has 0 aliphatic heterocycles. The van der Waals surface area contributed by atoms with Crippen molar-refractivity contribution in [3.8, 4) is 39.9 Å². The Morgan fingerprint density at radius 1 is 0.375 bits per heavy atom. The molecule has 0 atom stereocenters. The lowest BCUT2D eigenvalue weighted by molar-refractivity contribution is 1.07. The lowest BCUT2D eigenvalue weighted by Crippen LogP contribution is -2.00. The quantitative estimate of drug-likeness (QED) is 0.182. The van der Waals surface area contributed by atoms with Crippen LogP contribution in [0.5, 0.6) is 0 Å². The maximum Gasteiger partial charge on any atom is 0.164 e. The lowest BCUT2D eigenvalue weighted by atomic mass is 9.98. The van der Waals surface area contributed by atoms with E-state index < -0.39 is 0 Å². The summed E-state index contributed by atoms with van der Waals surface area (Å²) in [6, 6.07) is 55.3. The molecule has 0 aliphatic rings. The van der Waals surface area contributed by atoms with E-state index in [0.717, 1.165) is 22.4 Å². The van der Waals surface area contributed by atoms with Gasteiger partial charge in [-0.05, 0) is 46.5 Å². The van der Waals surface area contributed by atoms with Gasteiger partial charge in [-0.25, -0.2) is 15.0 Å². The van der Waals surface area contributed by atoms with E-state index >= 15 is 0 Å². The van der Waals surface area contributed by atoms with Crippen LogP contribution in [0.3, 0.4) is 0 Å². The normalized spacial score (nSPS) is 11.8. The molecule has 10 rings (SSSR count). The Hall–Kier alpha value is -6.17. The van der Waals surface area contributed by atoms with E-state index in [9.17, 15) is 0 Å². The molecule has 3 aromatic heterocycles. The van der Waals surface area contributed by atoms with Crippen LogP contribution in [0.15, 0.2) is 158 Å². The molecule has 224 valence electrons. The third kappa shape index (κ3) is 4.11. The number of rotatable bonds is 4. The first-order chi connectivity index (χ1) is 23.8. The van der Waals surface area contributed by atoms with Gasteiger partial charge in [-0.15, -0.1) is 11.3 Å². The first-order valence-corrected chi connectivity index (χ1v) is 16.9. The highest BCUT2D eigenvalue weighted by Gasteiger charge is 2.22. The number of benzene rings is 7. The van der Waals surface area contributed by atoms with Crippen LogP contribution in [0.4, 0.5) is 0 Å². The van der Waals surface area contributed by atoms with Crippen LogP contribution in [0.2, 0.25) is 0 Å². The second-order valence-corrected chi connectivity index (χ2v) is 13.1. The smallest absolute Gasteiger partial charge is 0.164 e. The highest BCUT2D eigenvalue weighted by atomic mass is 32.1. The van der Waals surface area contributed by atoms with Crippen LogP contribution in [0.25, 0.3) is 92.6 Å². The van der Waals surface area contributed by atoms with E-state index in [1.54, 1.807) is 0 Å². The van der Waals surface area contributed by atoms with Gasteiger partial charge in [0.1, 0.15) is 0 Å². The summed E-state index contributed by atoms with van der Waals surface area (Å²) in [4.78, 5) is 14.8. The molecular formula is C43H26N4S. The molecule has 5 heteroatoms. The summed E-state index contributed by atoms with van der Waals surface area (Å²) < 4.78 is 5.08. The van der Waals surface area contributed by atoms with Crippen molar-refractivity contribution in [2.24, 2.45) is 0 Å². The molecule has 4 nitrogen and oxygen atoms in total. The minimum atomic E-state index is 0.647. The van der Waals surface area contributed by atoms with Gasteiger partial charge in [-0.3, -0.25) is 0 Å². The van der Waals surface area contributed by atoms with E-state index in [0.29, 0.717) is 17.5 Å². The summed E-state index contributed by atoms with van der Waals surface area (Å²) in [6.45, 7) is 0. The van der Waals surface area contributed by atoms with E-state index in [1.165, 1.54) is 52.8 Å². The predicted molar refractivity (Wildman–Crippen MR) is 201 cm³/mol. The monoisotopic (exact) mass is 630 g/mol. The molecule has 0 N–H and O–H groups in total. The second-order valence-electron chi connectivity index (χ2n) is 12.0. The van der Waals surface area contributed by atoms with Crippen LogP contribution in [0.1, 0.15) is 0 Å². The van der Waals surface area contributed by atoms with Crippen molar-refractivity contribution in [3.05, 3.63) is 158 Å². The molecule has 0 aliphatic carbocycles. The molecule has 7 aromatic carbocycles. The largest absolute Gasteiger partial charge is 0.307 e. The maximum absolute atomic E-state index is 4.97. The van der Waals surface area contributed by atoms with Gasteiger partial charge in [-0.2, -0.15) is 0 Å². The Balaban J connectivity index is 1.23. The number of hydrogen-bond acceptors (Lipinski definition) is 4. The molecule has 0 amide bonds. The number of nitrogens with zero attached hydrogens (tertiary/aromatic N) is 4. The standard InChI is InChI=1S/C43H26N4S/c1-3-13-27(14-4-1)41-44-42(28-15-5-2-6-16-28)46-43(45-41)29-23-25-30(26-24-29)47-38-34-20-10-8-18-32(34)31-17-7-9-19-33(31)37(38)40-39(47)35-21-11-12-22-36(35)48-40/h1-26H. The fourth-order valence-electron chi connectivity index (χ4n) is 7.08. The molecule has 0 saturated carbocycles. The van der Waals surface area contributed by atoms with Crippen molar-refractivity contribution >= 4 is 64.1 Å². The Morgan fingerprint density at radius 2 is 0.833 bits per heavy atom. The van der Waals surface area contributed by atoms with Crippen molar-refractivity contribution in [2.45, 2.75) is 0 Å². The van der Waals surface area contributed by atoms with Crippen molar-refractivity contribution in [3.63, 3.8) is 0 Å². The minimum Gasteiger partial charge on any atom is -0.307 e. The fraction of sp³-hybridized carbons (Fsp3) is 0. The van der Waals surface area contributed by atoms with Gasteiger partial charge in [0.05, 0.1) is 15.7 Å². The Labute approximate surface area is 280 Å². The maximum atomic E-state index is 4.97. The van der Waals surface area contributed by atoms with E-state index in [4.69, 9.17) is 15.0 Å². The lowest BCUT2D eigenvalue weighted by Gasteiger charge is -2.13. The number of thiophene rings is 1. The first-order valence-electron chi connectivity index (χ1n) is 16.0. The van der Waals surface area contributed by atoms with Crippen molar-refractivity contribution in [1.82, 2.24) is 19.5 Å². The number of fused-ring (bicyclic) bond motifs is 10. The summed E-state index contributed by atoms with van der Waals surface area (Å²) in [5.74, 6) is 1.96. The molecule has 0 radical (unpaired) electrons. The van der Waals surface area contributed by atoms with Gasteiger partial charge >= 0.3 is 0 Å². The first kappa shape index (κ1) is 27.0. The molecular weight excluding hydrogens is 605 g/mol. The SMILES string of the molecule is c1ccc(-c2nc(-c3ccccc3)nc(-c3ccc(-n4c5c6ccccc6sc5c5c6ccccc6c6ccccc6c54)cc3)n2)cc1. The summed E-state index contributed by atoms with van der Waals surface area (Å²) in [6.07, 6.45) is 0. The molecule has 0 unspecified atom stereocenters. The third-order valence-electron chi connectivity index (χ3n) is 9.23. The summed E-state index contributed by atoms with van der Waals surface area (Å²) >= 11 is 1.88. The van der Waals surface area contributed by atoms with Gasteiger partial charge in [0, 0.05) is 43.2 Å². The van der Waals surface area contributed by atoms with Gasteiger partial charge in [0.15, 0.2) is 17.5 Å². The van der Waals surface area contributed by atoms with E-state index in [2.05, 4.69) is 102 Å². The summed E-state index contributed by atoms with van der Waals surface area (Å²) in [7, 11) is 0. The molecule has 0 saturated heterocycles. The fourth-order valence-corrected chi connectivity index (χ4v) is 8.32. The van der Waals surface area contributed by atoms with Gasteiger partial charge in [0.2, 0.25) is 0 Å².